The van der Waals surface area contributed by atoms with Crippen molar-refractivity contribution in [3.63, 3.8) is 0 Å². The average Bonchev–Trinajstić information content (AvgIpc) is 3.52. The molecule has 10 atom stereocenters. The summed E-state index contributed by atoms with van der Waals surface area (Å²) < 4.78 is 46.5. The number of anilines is 1. The third kappa shape index (κ3) is 4.08. The predicted molar refractivity (Wildman–Crippen MR) is 167 cm³/mol. The quantitative estimate of drug-likeness (QED) is 0.292. The number of benzene rings is 2. The van der Waals surface area contributed by atoms with Crippen LogP contribution in [0.1, 0.15) is 60.9 Å². The number of nitrogens with two attached hydrogens (primary N) is 1. The van der Waals surface area contributed by atoms with Crippen LogP contribution < -0.4 is 5.73 Å². The molecule has 0 unspecified atom stereocenters. The van der Waals surface area contributed by atoms with E-state index in [1.807, 2.05) is 6.07 Å². The Bertz CT molecular complexity index is 1690. The molecule has 0 amide bonds. The second-order valence-corrected chi connectivity index (χ2v) is 14.1. The third-order valence-corrected chi connectivity index (χ3v) is 11.8. The Balaban J connectivity index is 1.19. The standard InChI is InChI=1S/C37H39F2NO6/c1-20-11-12-34(2)27(13-20)28(38)16-26-25-17-32-37(31(44)19-41,35(25,3)18-30(43)36(26,34)39)46-33(45-32)23-9-7-22(8-10-23)29(42)15-21-5-4-6-24(40)14-21/h4-14,25-26,28,30,32-33,41,43H,1,15-19,40H2,2-3H3/t25-,26-,28-,30-,32+,33+,34-,35-,36-,37+/m0/s1. The molecule has 0 aromatic heterocycles. The Morgan fingerprint density at radius 1 is 1.11 bits per heavy atom. The maximum Gasteiger partial charge on any atom is 0.193 e. The fraction of sp³-hybridized carbons (Fsp3) is 0.459. The van der Waals surface area contributed by atoms with Crippen LogP contribution in [0.3, 0.4) is 0 Å². The topological polar surface area (TPSA) is 119 Å². The Kier molecular flexibility index (Phi) is 7.11. The summed E-state index contributed by atoms with van der Waals surface area (Å²) in [5.74, 6) is -2.24. The number of allylic oxidation sites excluding steroid dienone is 5. The molecule has 5 aliphatic rings. The second-order valence-electron chi connectivity index (χ2n) is 14.1. The first-order chi connectivity index (χ1) is 21.8. The predicted octanol–water partition coefficient (Wildman–Crippen LogP) is 5.32. The van der Waals surface area contributed by atoms with Crippen molar-refractivity contribution in [3.05, 3.63) is 101 Å². The van der Waals surface area contributed by atoms with Crippen molar-refractivity contribution in [1.82, 2.24) is 0 Å². The Labute approximate surface area is 266 Å². The number of hydrogen-bond donors (Lipinski definition) is 3. The molecule has 7 rings (SSSR count). The molecule has 0 spiro atoms. The summed E-state index contributed by atoms with van der Waals surface area (Å²) in [5, 5.41) is 21.9. The van der Waals surface area contributed by atoms with Crippen molar-refractivity contribution in [2.24, 2.45) is 22.7 Å². The highest BCUT2D eigenvalue weighted by Gasteiger charge is 2.80. The van der Waals surface area contributed by atoms with Gasteiger partial charge in [0, 0.05) is 40.0 Å². The summed E-state index contributed by atoms with van der Waals surface area (Å²) in [6.45, 7) is 6.46. The van der Waals surface area contributed by atoms with Crippen LogP contribution in [0.15, 0.2) is 84.5 Å². The molecule has 4 aliphatic carbocycles. The molecule has 3 saturated carbocycles. The van der Waals surface area contributed by atoms with Crippen LogP contribution in [0, 0.1) is 22.7 Å². The van der Waals surface area contributed by atoms with E-state index in [4.69, 9.17) is 15.2 Å². The van der Waals surface area contributed by atoms with Crippen molar-refractivity contribution in [2.45, 2.75) is 75.5 Å². The first-order valence-corrected chi connectivity index (χ1v) is 15.8. The molecule has 1 saturated heterocycles. The number of fused-ring (bicyclic) bond motifs is 7. The van der Waals surface area contributed by atoms with Gasteiger partial charge < -0.3 is 25.4 Å². The Hall–Kier alpha value is -3.50. The molecule has 1 aliphatic heterocycles. The van der Waals surface area contributed by atoms with Crippen molar-refractivity contribution >= 4 is 17.3 Å². The number of carbonyl (C=O) groups is 2. The van der Waals surface area contributed by atoms with Gasteiger partial charge in [-0.3, -0.25) is 9.59 Å². The van der Waals surface area contributed by atoms with Gasteiger partial charge >= 0.3 is 0 Å². The van der Waals surface area contributed by atoms with E-state index in [2.05, 4.69) is 6.58 Å². The lowest BCUT2D eigenvalue weighted by molar-refractivity contribution is -0.235. The van der Waals surface area contributed by atoms with Gasteiger partial charge in [0.25, 0.3) is 0 Å². The zero-order valence-corrected chi connectivity index (χ0v) is 25.9. The highest BCUT2D eigenvalue weighted by Crippen LogP contribution is 2.72. The minimum atomic E-state index is -2.21. The highest BCUT2D eigenvalue weighted by atomic mass is 19.1. The van der Waals surface area contributed by atoms with Crippen molar-refractivity contribution in [1.29, 1.82) is 0 Å². The van der Waals surface area contributed by atoms with E-state index < -0.39 is 71.0 Å². The van der Waals surface area contributed by atoms with Gasteiger partial charge in [0.1, 0.15) is 12.8 Å². The van der Waals surface area contributed by atoms with Crippen LogP contribution in [0.25, 0.3) is 0 Å². The lowest BCUT2D eigenvalue weighted by Crippen LogP contribution is -2.70. The number of alkyl halides is 2. The SMILES string of the molecule is C=C1C=C[C@@]2(C)C(=C1)[C@@H](F)C[C@H]1[C@@H]3C[C@H]4O[C@@H](c5ccc(C(=O)Cc6cccc(N)c6)cc5)O[C@@]4(C(=O)CO)[C@@]3(C)C[C@H](O)[C@@]12F. The fourth-order valence-corrected chi connectivity index (χ4v) is 9.60. The van der Waals surface area contributed by atoms with E-state index in [1.165, 1.54) is 0 Å². The van der Waals surface area contributed by atoms with Gasteiger partial charge in [-0.05, 0) is 60.9 Å². The van der Waals surface area contributed by atoms with E-state index in [-0.39, 0.29) is 37.0 Å². The molecule has 9 heteroatoms. The molecular weight excluding hydrogens is 592 g/mol. The lowest BCUT2D eigenvalue weighted by atomic mass is 9.44. The summed E-state index contributed by atoms with van der Waals surface area (Å²) in [7, 11) is 0. The van der Waals surface area contributed by atoms with Gasteiger partial charge in [0.15, 0.2) is 29.1 Å². The van der Waals surface area contributed by atoms with Gasteiger partial charge in [-0.2, -0.15) is 0 Å². The lowest BCUT2D eigenvalue weighted by Gasteiger charge is -2.63. The molecule has 2 aromatic carbocycles. The Morgan fingerprint density at radius 2 is 1.85 bits per heavy atom. The van der Waals surface area contributed by atoms with Crippen molar-refractivity contribution in [2.75, 3.05) is 12.3 Å². The molecule has 4 fully saturated rings. The molecular formula is C37H39F2NO6. The summed E-state index contributed by atoms with van der Waals surface area (Å²) >= 11 is 0. The molecule has 7 nitrogen and oxygen atoms in total. The van der Waals surface area contributed by atoms with Crippen LogP contribution >= 0.6 is 0 Å². The summed E-state index contributed by atoms with van der Waals surface area (Å²) in [5.41, 5.74) is 2.63. The first kappa shape index (κ1) is 31.1. The van der Waals surface area contributed by atoms with E-state index in [0.29, 0.717) is 22.4 Å². The smallest absolute Gasteiger partial charge is 0.193 e. The van der Waals surface area contributed by atoms with E-state index in [9.17, 15) is 19.8 Å². The molecule has 0 radical (unpaired) electrons. The van der Waals surface area contributed by atoms with Gasteiger partial charge in [-0.1, -0.05) is 68.1 Å². The van der Waals surface area contributed by atoms with E-state index in [0.717, 1.165) is 5.56 Å². The molecule has 4 N–H and O–H groups in total. The largest absolute Gasteiger partial charge is 0.399 e. The van der Waals surface area contributed by atoms with Crippen molar-refractivity contribution in [3.8, 4) is 0 Å². The maximum atomic E-state index is 17.6. The van der Waals surface area contributed by atoms with Crippen LogP contribution in [0.2, 0.25) is 0 Å². The Morgan fingerprint density at radius 3 is 2.54 bits per heavy atom. The normalized spacial score (nSPS) is 40.8. The van der Waals surface area contributed by atoms with Gasteiger partial charge in [0.2, 0.25) is 0 Å². The number of carbonyl (C=O) groups excluding carboxylic acids is 2. The van der Waals surface area contributed by atoms with Crippen LogP contribution in [0.5, 0.6) is 0 Å². The first-order valence-electron chi connectivity index (χ1n) is 15.8. The monoisotopic (exact) mass is 631 g/mol. The van der Waals surface area contributed by atoms with E-state index >= 15 is 8.78 Å². The number of aliphatic hydroxyl groups is 2. The van der Waals surface area contributed by atoms with Gasteiger partial charge in [-0.25, -0.2) is 8.78 Å². The number of ether oxygens (including phenoxy) is 2. The van der Waals surface area contributed by atoms with Gasteiger partial charge in [-0.15, -0.1) is 0 Å². The molecule has 242 valence electrons. The minimum Gasteiger partial charge on any atom is -0.399 e. The van der Waals surface area contributed by atoms with Gasteiger partial charge in [0.05, 0.1) is 12.2 Å². The summed E-state index contributed by atoms with van der Waals surface area (Å²) in [4.78, 5) is 26.7. The van der Waals surface area contributed by atoms with Crippen LogP contribution in [-0.4, -0.2) is 58.0 Å². The molecule has 2 aromatic rings. The number of nitrogen functional groups attached to an aromatic ring is 1. The zero-order valence-electron chi connectivity index (χ0n) is 25.9. The molecule has 1 heterocycles. The highest BCUT2D eigenvalue weighted by molar-refractivity contribution is 5.97. The van der Waals surface area contributed by atoms with Crippen LogP contribution in [0.4, 0.5) is 14.5 Å². The number of rotatable bonds is 6. The maximum absolute atomic E-state index is 17.6. The minimum absolute atomic E-state index is 0.0991. The number of ketones is 2. The van der Waals surface area contributed by atoms with Crippen LogP contribution in [-0.2, 0) is 20.7 Å². The number of Topliss-reactive ketones (excluding diaryl/α,β-unsaturated/α-hetero) is 2. The molecule has 0 bridgehead atoms. The summed E-state index contributed by atoms with van der Waals surface area (Å²) in [6, 6.07) is 13.9. The second kappa shape index (κ2) is 10.5. The average molecular weight is 632 g/mol. The molecule has 46 heavy (non-hydrogen) atoms. The number of aliphatic hydroxyl groups excluding tert-OH is 2. The fourth-order valence-electron chi connectivity index (χ4n) is 9.60. The zero-order chi connectivity index (χ0) is 32.8. The van der Waals surface area contributed by atoms with E-state index in [1.54, 1.807) is 74.5 Å². The summed E-state index contributed by atoms with van der Waals surface area (Å²) in [6.07, 6.45) is 0.0298. The number of halogens is 2. The third-order valence-electron chi connectivity index (χ3n) is 11.8. The number of hydrogen-bond acceptors (Lipinski definition) is 7. The van der Waals surface area contributed by atoms with Crippen molar-refractivity contribution < 1.29 is 38.1 Å².